The van der Waals surface area contributed by atoms with Crippen molar-refractivity contribution in [2.24, 2.45) is 5.92 Å². The standard InChI is InChI=1S/C11H24N2O/c1-5-10(6-2)9(4)13-11(14)8-12-7-3/h9-10,12H,5-8H2,1-4H3,(H,13,14). The first kappa shape index (κ1) is 13.4. The maximum Gasteiger partial charge on any atom is 0.234 e. The van der Waals surface area contributed by atoms with Gasteiger partial charge in [-0.05, 0) is 19.4 Å². The Morgan fingerprint density at radius 2 is 1.79 bits per heavy atom. The quantitative estimate of drug-likeness (QED) is 0.654. The molecule has 2 N–H and O–H groups in total. The van der Waals surface area contributed by atoms with Gasteiger partial charge < -0.3 is 10.6 Å². The molecule has 0 bridgehead atoms. The molecule has 0 aliphatic rings. The van der Waals surface area contributed by atoms with Crippen LogP contribution in [0.3, 0.4) is 0 Å². The van der Waals surface area contributed by atoms with Crippen molar-refractivity contribution in [3.63, 3.8) is 0 Å². The number of carbonyl (C=O) groups is 1. The van der Waals surface area contributed by atoms with E-state index in [1.54, 1.807) is 0 Å². The molecule has 1 amide bonds. The van der Waals surface area contributed by atoms with Gasteiger partial charge in [0.2, 0.25) is 5.91 Å². The maximum atomic E-state index is 11.4. The van der Waals surface area contributed by atoms with E-state index < -0.39 is 0 Å². The second-order valence-corrected chi connectivity index (χ2v) is 3.71. The first-order chi connectivity index (χ1) is 6.65. The number of hydrogen-bond acceptors (Lipinski definition) is 2. The molecule has 0 rings (SSSR count). The van der Waals surface area contributed by atoms with Gasteiger partial charge in [0.25, 0.3) is 0 Å². The highest BCUT2D eigenvalue weighted by Gasteiger charge is 2.14. The lowest BCUT2D eigenvalue weighted by Crippen LogP contribution is -2.42. The van der Waals surface area contributed by atoms with E-state index in [4.69, 9.17) is 0 Å². The zero-order valence-corrected chi connectivity index (χ0v) is 9.89. The largest absolute Gasteiger partial charge is 0.352 e. The van der Waals surface area contributed by atoms with Crippen molar-refractivity contribution in [2.75, 3.05) is 13.1 Å². The Kier molecular flexibility index (Phi) is 7.48. The third-order valence-electron chi connectivity index (χ3n) is 2.68. The van der Waals surface area contributed by atoms with Gasteiger partial charge in [-0.25, -0.2) is 0 Å². The van der Waals surface area contributed by atoms with Crippen LogP contribution in [0, 0.1) is 5.92 Å². The predicted molar refractivity (Wildman–Crippen MR) is 60.2 cm³/mol. The number of hydrogen-bond donors (Lipinski definition) is 2. The smallest absolute Gasteiger partial charge is 0.234 e. The Morgan fingerprint density at radius 1 is 1.21 bits per heavy atom. The van der Waals surface area contributed by atoms with Gasteiger partial charge in [0, 0.05) is 6.04 Å². The summed E-state index contributed by atoms with van der Waals surface area (Å²) in [6.07, 6.45) is 2.25. The zero-order valence-electron chi connectivity index (χ0n) is 9.89. The second-order valence-electron chi connectivity index (χ2n) is 3.71. The van der Waals surface area contributed by atoms with Crippen LogP contribution in [0.15, 0.2) is 0 Å². The lowest BCUT2D eigenvalue weighted by Gasteiger charge is -2.22. The molecule has 0 heterocycles. The number of carbonyl (C=O) groups excluding carboxylic acids is 1. The number of amides is 1. The molecule has 1 atom stereocenters. The first-order valence-corrected chi connectivity index (χ1v) is 5.65. The van der Waals surface area contributed by atoms with E-state index in [2.05, 4.69) is 31.4 Å². The molecule has 0 fully saturated rings. The predicted octanol–water partition coefficient (Wildman–Crippen LogP) is 1.54. The molecule has 3 nitrogen and oxygen atoms in total. The zero-order chi connectivity index (χ0) is 11.0. The van der Waals surface area contributed by atoms with E-state index in [1.165, 1.54) is 0 Å². The van der Waals surface area contributed by atoms with E-state index in [0.717, 1.165) is 19.4 Å². The van der Waals surface area contributed by atoms with Crippen LogP contribution in [0.25, 0.3) is 0 Å². The number of likely N-dealkylation sites (N-methyl/N-ethyl adjacent to an activating group) is 1. The fourth-order valence-electron chi connectivity index (χ4n) is 1.66. The van der Waals surface area contributed by atoms with Crippen molar-refractivity contribution in [1.82, 2.24) is 10.6 Å². The lowest BCUT2D eigenvalue weighted by atomic mass is 9.95. The maximum absolute atomic E-state index is 11.4. The van der Waals surface area contributed by atoms with Crippen LogP contribution in [0.4, 0.5) is 0 Å². The number of rotatable bonds is 7. The van der Waals surface area contributed by atoms with Crippen molar-refractivity contribution < 1.29 is 4.79 Å². The molecular weight excluding hydrogens is 176 g/mol. The Morgan fingerprint density at radius 3 is 2.21 bits per heavy atom. The second kappa shape index (κ2) is 7.80. The summed E-state index contributed by atoms with van der Waals surface area (Å²) in [4.78, 5) is 11.4. The summed E-state index contributed by atoms with van der Waals surface area (Å²) >= 11 is 0. The number of nitrogens with one attached hydrogen (secondary N) is 2. The molecule has 0 aromatic rings. The van der Waals surface area contributed by atoms with Crippen LogP contribution in [0.5, 0.6) is 0 Å². The molecule has 0 radical (unpaired) electrons. The van der Waals surface area contributed by atoms with Crippen LogP contribution in [0.2, 0.25) is 0 Å². The lowest BCUT2D eigenvalue weighted by molar-refractivity contribution is -0.121. The molecular formula is C11H24N2O. The Labute approximate surface area is 87.6 Å². The minimum Gasteiger partial charge on any atom is -0.352 e. The summed E-state index contributed by atoms with van der Waals surface area (Å²) < 4.78 is 0. The van der Waals surface area contributed by atoms with Crippen molar-refractivity contribution in [3.05, 3.63) is 0 Å². The third-order valence-corrected chi connectivity index (χ3v) is 2.68. The monoisotopic (exact) mass is 200 g/mol. The minimum atomic E-state index is 0.103. The molecule has 0 aromatic heterocycles. The van der Waals surface area contributed by atoms with E-state index in [9.17, 15) is 4.79 Å². The normalized spacial score (nSPS) is 12.9. The molecule has 3 heteroatoms. The Balaban J connectivity index is 3.79. The molecule has 0 spiro atoms. The molecule has 0 saturated heterocycles. The fraction of sp³-hybridized carbons (Fsp3) is 0.909. The van der Waals surface area contributed by atoms with Gasteiger partial charge in [0.1, 0.15) is 0 Å². The average Bonchev–Trinajstić information content (AvgIpc) is 2.16. The molecule has 0 aliphatic carbocycles. The van der Waals surface area contributed by atoms with Crippen LogP contribution in [-0.4, -0.2) is 25.0 Å². The van der Waals surface area contributed by atoms with Gasteiger partial charge in [-0.3, -0.25) is 4.79 Å². The Hall–Kier alpha value is -0.570. The topological polar surface area (TPSA) is 41.1 Å². The van der Waals surface area contributed by atoms with E-state index >= 15 is 0 Å². The van der Waals surface area contributed by atoms with Gasteiger partial charge in [0.15, 0.2) is 0 Å². The van der Waals surface area contributed by atoms with Gasteiger partial charge in [-0.15, -0.1) is 0 Å². The van der Waals surface area contributed by atoms with Gasteiger partial charge >= 0.3 is 0 Å². The van der Waals surface area contributed by atoms with Gasteiger partial charge in [-0.1, -0.05) is 33.6 Å². The minimum absolute atomic E-state index is 0.103. The highest BCUT2D eigenvalue weighted by Crippen LogP contribution is 2.12. The van der Waals surface area contributed by atoms with Crippen LogP contribution >= 0.6 is 0 Å². The SMILES string of the molecule is CCNCC(=O)NC(C)C(CC)CC. The van der Waals surface area contributed by atoms with E-state index in [-0.39, 0.29) is 11.9 Å². The van der Waals surface area contributed by atoms with Crippen molar-refractivity contribution in [1.29, 1.82) is 0 Å². The highest BCUT2D eigenvalue weighted by molar-refractivity contribution is 5.78. The highest BCUT2D eigenvalue weighted by atomic mass is 16.1. The van der Waals surface area contributed by atoms with Crippen LogP contribution < -0.4 is 10.6 Å². The van der Waals surface area contributed by atoms with Crippen LogP contribution in [0.1, 0.15) is 40.5 Å². The van der Waals surface area contributed by atoms with Gasteiger partial charge in [0.05, 0.1) is 6.54 Å². The molecule has 14 heavy (non-hydrogen) atoms. The summed E-state index contributed by atoms with van der Waals surface area (Å²) in [6, 6.07) is 0.288. The Bertz CT molecular complexity index is 155. The average molecular weight is 200 g/mol. The summed E-state index contributed by atoms with van der Waals surface area (Å²) in [5.41, 5.74) is 0. The molecule has 0 aromatic carbocycles. The summed E-state index contributed by atoms with van der Waals surface area (Å²) in [5.74, 6) is 0.701. The molecule has 1 unspecified atom stereocenters. The molecule has 84 valence electrons. The van der Waals surface area contributed by atoms with Crippen molar-refractivity contribution in [2.45, 2.75) is 46.6 Å². The van der Waals surface area contributed by atoms with Gasteiger partial charge in [-0.2, -0.15) is 0 Å². The van der Waals surface area contributed by atoms with Crippen LogP contribution in [-0.2, 0) is 4.79 Å². The van der Waals surface area contributed by atoms with E-state index in [1.807, 2.05) is 6.92 Å². The fourth-order valence-corrected chi connectivity index (χ4v) is 1.66. The summed E-state index contributed by atoms with van der Waals surface area (Å²) in [5, 5.41) is 6.03. The summed E-state index contributed by atoms with van der Waals surface area (Å²) in [6.45, 7) is 9.69. The molecule has 0 saturated carbocycles. The first-order valence-electron chi connectivity index (χ1n) is 5.65. The third kappa shape index (κ3) is 5.22. The van der Waals surface area contributed by atoms with Crippen molar-refractivity contribution in [3.8, 4) is 0 Å². The van der Waals surface area contributed by atoms with E-state index in [0.29, 0.717) is 12.5 Å². The summed E-state index contributed by atoms with van der Waals surface area (Å²) in [7, 11) is 0. The van der Waals surface area contributed by atoms with Crippen molar-refractivity contribution >= 4 is 5.91 Å². The molecule has 0 aliphatic heterocycles.